The molecular formula is C36H33N3O7. The summed E-state index contributed by atoms with van der Waals surface area (Å²) < 4.78 is 25.0. The standard InChI is InChI=1S/C36H33N3O7/c1-43-28-17-13-26(14-18-28)36(25-11-7-4-8-12-25,27-15-19-29(44-2)20-16-27)46-30-23-45-34(32(30)40)39-22-21-31(38-35(39)42)37-33(41)24-9-5-3-6-10-24/h3-22,30,32,34,40H,23H2,1-2H3,(H,37,38,41,42)/t30-,32-,34+/m1/s1. The van der Waals surface area contributed by atoms with Crippen LogP contribution >= 0.6 is 0 Å². The lowest BCUT2D eigenvalue weighted by Gasteiger charge is -2.38. The summed E-state index contributed by atoms with van der Waals surface area (Å²) in [5.74, 6) is 1.04. The summed E-state index contributed by atoms with van der Waals surface area (Å²) in [5.41, 5.74) is 0.931. The lowest BCUT2D eigenvalue weighted by molar-refractivity contribution is -0.0904. The van der Waals surface area contributed by atoms with E-state index >= 15 is 0 Å². The number of carbonyl (C=O) groups is 1. The lowest BCUT2D eigenvalue weighted by atomic mass is 9.79. The van der Waals surface area contributed by atoms with E-state index in [-0.39, 0.29) is 12.4 Å². The molecule has 2 heterocycles. The van der Waals surface area contributed by atoms with E-state index in [0.29, 0.717) is 17.1 Å². The summed E-state index contributed by atoms with van der Waals surface area (Å²) >= 11 is 0. The Morgan fingerprint density at radius 2 is 1.37 bits per heavy atom. The number of nitrogens with one attached hydrogen (secondary N) is 1. The van der Waals surface area contributed by atoms with E-state index in [4.69, 9.17) is 18.9 Å². The molecule has 6 rings (SSSR count). The van der Waals surface area contributed by atoms with Crippen LogP contribution in [0.2, 0.25) is 0 Å². The zero-order valence-electron chi connectivity index (χ0n) is 25.3. The molecule has 1 amide bonds. The fourth-order valence-corrected chi connectivity index (χ4v) is 5.63. The molecule has 0 unspecified atom stereocenters. The highest BCUT2D eigenvalue weighted by atomic mass is 16.6. The van der Waals surface area contributed by atoms with Gasteiger partial charge in [-0.25, -0.2) is 4.79 Å². The Morgan fingerprint density at radius 1 is 0.826 bits per heavy atom. The molecule has 0 saturated carbocycles. The molecule has 1 fully saturated rings. The largest absolute Gasteiger partial charge is 0.497 e. The molecule has 10 heteroatoms. The number of hydrogen-bond donors (Lipinski definition) is 2. The average Bonchev–Trinajstić information content (AvgIpc) is 3.46. The van der Waals surface area contributed by atoms with Crippen molar-refractivity contribution in [1.29, 1.82) is 0 Å². The highest BCUT2D eigenvalue weighted by Crippen LogP contribution is 2.44. The first kappa shape index (κ1) is 30.7. The Labute approximate surface area is 265 Å². The highest BCUT2D eigenvalue weighted by Gasteiger charge is 2.46. The second-order valence-electron chi connectivity index (χ2n) is 10.7. The zero-order chi connectivity index (χ0) is 32.1. The minimum atomic E-state index is -1.25. The quantitative estimate of drug-likeness (QED) is 0.214. The summed E-state index contributed by atoms with van der Waals surface area (Å²) in [4.78, 5) is 29.7. The second-order valence-corrected chi connectivity index (χ2v) is 10.7. The maximum Gasteiger partial charge on any atom is 0.351 e. The van der Waals surface area contributed by atoms with Gasteiger partial charge in [0.15, 0.2) is 6.23 Å². The fourth-order valence-electron chi connectivity index (χ4n) is 5.63. The van der Waals surface area contributed by atoms with Gasteiger partial charge >= 0.3 is 5.69 Å². The maximum absolute atomic E-state index is 13.1. The predicted molar refractivity (Wildman–Crippen MR) is 171 cm³/mol. The van der Waals surface area contributed by atoms with Crippen molar-refractivity contribution in [1.82, 2.24) is 9.55 Å². The number of nitrogens with zero attached hydrogens (tertiary/aromatic N) is 2. The van der Waals surface area contributed by atoms with Crippen LogP contribution in [0.1, 0.15) is 33.3 Å². The molecule has 234 valence electrons. The third kappa shape index (κ3) is 6.01. The Balaban J connectivity index is 1.33. The minimum Gasteiger partial charge on any atom is -0.497 e. The zero-order valence-corrected chi connectivity index (χ0v) is 25.3. The number of methoxy groups -OCH3 is 2. The van der Waals surface area contributed by atoms with Crippen molar-refractivity contribution in [2.24, 2.45) is 0 Å². The third-order valence-corrected chi connectivity index (χ3v) is 7.99. The summed E-state index contributed by atoms with van der Waals surface area (Å²) in [7, 11) is 3.21. The number of hydrogen-bond acceptors (Lipinski definition) is 8. The molecule has 1 saturated heterocycles. The molecule has 1 aromatic heterocycles. The Morgan fingerprint density at radius 3 is 1.91 bits per heavy atom. The second kappa shape index (κ2) is 13.4. The molecule has 10 nitrogen and oxygen atoms in total. The molecule has 0 spiro atoms. The van der Waals surface area contributed by atoms with Crippen molar-refractivity contribution in [3.8, 4) is 11.5 Å². The molecule has 0 radical (unpaired) electrons. The van der Waals surface area contributed by atoms with Crippen molar-refractivity contribution in [2.45, 2.75) is 24.0 Å². The van der Waals surface area contributed by atoms with E-state index in [1.807, 2.05) is 78.9 Å². The van der Waals surface area contributed by atoms with Gasteiger partial charge in [0.2, 0.25) is 0 Å². The first-order valence-electron chi connectivity index (χ1n) is 14.7. The highest BCUT2D eigenvalue weighted by molar-refractivity contribution is 6.03. The van der Waals surface area contributed by atoms with Crippen LogP contribution in [0.5, 0.6) is 11.5 Å². The van der Waals surface area contributed by atoms with Crippen molar-refractivity contribution in [3.05, 3.63) is 154 Å². The number of benzene rings is 4. The van der Waals surface area contributed by atoms with Gasteiger partial charge in [-0.15, -0.1) is 0 Å². The number of anilines is 1. The van der Waals surface area contributed by atoms with E-state index in [2.05, 4.69) is 10.3 Å². The van der Waals surface area contributed by atoms with Crippen molar-refractivity contribution in [2.75, 3.05) is 26.1 Å². The minimum absolute atomic E-state index is 0.00827. The van der Waals surface area contributed by atoms with Crippen molar-refractivity contribution < 1.29 is 28.8 Å². The van der Waals surface area contributed by atoms with E-state index in [0.717, 1.165) is 16.7 Å². The summed E-state index contributed by atoms with van der Waals surface area (Å²) in [6.45, 7) is -0.00827. The van der Waals surface area contributed by atoms with Crippen molar-refractivity contribution in [3.63, 3.8) is 0 Å². The molecule has 3 atom stereocenters. The van der Waals surface area contributed by atoms with Gasteiger partial charge in [0.1, 0.15) is 35.1 Å². The number of ether oxygens (including phenoxy) is 4. The first-order chi connectivity index (χ1) is 22.4. The molecule has 1 aliphatic heterocycles. The summed E-state index contributed by atoms with van der Waals surface area (Å²) in [6, 6.07) is 34.9. The Kier molecular flexibility index (Phi) is 8.93. The van der Waals surface area contributed by atoms with E-state index in [1.165, 1.54) is 16.8 Å². The number of aliphatic hydroxyl groups is 1. The molecule has 2 N–H and O–H groups in total. The van der Waals surface area contributed by atoms with Crippen LogP contribution in [0.15, 0.2) is 126 Å². The van der Waals surface area contributed by atoms with Gasteiger partial charge < -0.3 is 29.4 Å². The van der Waals surface area contributed by atoms with Gasteiger partial charge in [0.05, 0.1) is 20.8 Å². The number of rotatable bonds is 10. The molecule has 1 aliphatic rings. The molecule has 46 heavy (non-hydrogen) atoms. The molecule has 5 aromatic rings. The maximum atomic E-state index is 13.1. The average molecular weight is 620 g/mol. The van der Waals surface area contributed by atoms with Crippen LogP contribution in [0, 0.1) is 0 Å². The van der Waals surface area contributed by atoms with Crippen LogP contribution < -0.4 is 20.5 Å². The summed E-state index contributed by atoms with van der Waals surface area (Å²) in [6.07, 6.45) is -1.75. The number of carbonyl (C=O) groups excluding carboxylic acids is 1. The van der Waals surface area contributed by atoms with E-state index < -0.39 is 35.6 Å². The van der Waals surface area contributed by atoms with Gasteiger partial charge in [-0.2, -0.15) is 4.98 Å². The lowest BCUT2D eigenvalue weighted by Crippen LogP contribution is -2.42. The predicted octanol–water partition coefficient (Wildman–Crippen LogP) is 4.78. The van der Waals surface area contributed by atoms with Gasteiger partial charge in [-0.3, -0.25) is 9.36 Å². The normalized spacial score (nSPS) is 17.8. The van der Waals surface area contributed by atoms with E-state index in [9.17, 15) is 14.7 Å². The third-order valence-electron chi connectivity index (χ3n) is 7.99. The van der Waals surface area contributed by atoms with E-state index in [1.54, 1.807) is 44.6 Å². The molecule has 0 aliphatic carbocycles. The number of amides is 1. The smallest absolute Gasteiger partial charge is 0.351 e. The van der Waals surface area contributed by atoms with Crippen LogP contribution in [-0.4, -0.2) is 53.6 Å². The summed E-state index contributed by atoms with van der Waals surface area (Å²) in [5, 5.41) is 14.2. The SMILES string of the molecule is COc1ccc(C(O[C@@H]2CO[C@H](n3ccc(NC(=O)c4ccccc4)nc3=O)[C@@H]2O)(c2ccccc2)c2ccc(OC)cc2)cc1. The number of aliphatic hydroxyl groups excluding tert-OH is 1. The fraction of sp³-hybridized carbons (Fsp3) is 0.194. The topological polar surface area (TPSA) is 121 Å². The molecule has 0 bridgehead atoms. The monoisotopic (exact) mass is 619 g/mol. The van der Waals surface area contributed by atoms with Gasteiger partial charge in [-0.05, 0) is 59.2 Å². The van der Waals surface area contributed by atoms with Gasteiger partial charge in [-0.1, -0.05) is 72.8 Å². The number of aromatic nitrogens is 2. The van der Waals surface area contributed by atoms with Gasteiger partial charge in [0.25, 0.3) is 5.91 Å². The van der Waals surface area contributed by atoms with Gasteiger partial charge in [0, 0.05) is 11.8 Å². The van der Waals surface area contributed by atoms with Crippen LogP contribution in [0.25, 0.3) is 0 Å². The van der Waals surface area contributed by atoms with Crippen LogP contribution in [-0.2, 0) is 15.1 Å². The molecule has 4 aromatic carbocycles. The van der Waals surface area contributed by atoms with Crippen LogP contribution in [0.4, 0.5) is 5.82 Å². The Bertz CT molecular complexity index is 1780. The van der Waals surface area contributed by atoms with Crippen LogP contribution in [0.3, 0.4) is 0 Å². The molecular weight excluding hydrogens is 586 g/mol. The van der Waals surface area contributed by atoms with Crippen molar-refractivity contribution >= 4 is 11.7 Å². The Hall–Kier alpha value is -5.29. The first-order valence-corrected chi connectivity index (χ1v) is 14.7.